The highest BCUT2D eigenvalue weighted by molar-refractivity contribution is 5.44. The lowest BCUT2D eigenvalue weighted by Crippen LogP contribution is -2.25. The second-order valence-electron chi connectivity index (χ2n) is 5.22. The summed E-state index contributed by atoms with van der Waals surface area (Å²) in [4.78, 5) is 3.68. The van der Waals surface area contributed by atoms with Gasteiger partial charge in [0.1, 0.15) is 0 Å². The number of hydrogen-bond donors (Lipinski definition) is 2. The van der Waals surface area contributed by atoms with Gasteiger partial charge < -0.3 is 11.1 Å². The van der Waals surface area contributed by atoms with Crippen molar-refractivity contribution in [2.75, 3.05) is 17.6 Å². The van der Waals surface area contributed by atoms with Crippen molar-refractivity contribution < 1.29 is 8.78 Å². The first kappa shape index (κ1) is 14.7. The number of rotatable bonds is 5. The van der Waals surface area contributed by atoms with Crippen LogP contribution in [0.25, 0.3) is 0 Å². The van der Waals surface area contributed by atoms with Gasteiger partial charge in [0.05, 0.1) is 0 Å². The van der Waals surface area contributed by atoms with Crippen LogP contribution in [0.15, 0.2) is 6.07 Å². The van der Waals surface area contributed by atoms with Crippen molar-refractivity contribution in [3.63, 3.8) is 0 Å². The van der Waals surface area contributed by atoms with Gasteiger partial charge >= 0.3 is 0 Å². The van der Waals surface area contributed by atoms with Gasteiger partial charge in [-0.3, -0.25) is 0 Å². The van der Waals surface area contributed by atoms with E-state index in [0.29, 0.717) is 24.3 Å². The van der Waals surface area contributed by atoms with Crippen molar-refractivity contribution in [3.05, 3.63) is 17.7 Å². The van der Waals surface area contributed by atoms with Gasteiger partial charge in [0.15, 0.2) is 23.3 Å². The molecule has 1 rings (SSSR count). The molecule has 0 aliphatic rings. The molecule has 0 saturated heterocycles. The first-order valence-corrected chi connectivity index (χ1v) is 6.18. The summed E-state index contributed by atoms with van der Waals surface area (Å²) < 4.78 is 26.4. The average Bonchev–Trinajstić information content (AvgIpc) is 2.24. The minimum absolute atomic E-state index is 0.0141. The molecule has 0 fully saturated rings. The molecule has 3 N–H and O–H groups in total. The third kappa shape index (κ3) is 3.55. The van der Waals surface area contributed by atoms with Crippen LogP contribution >= 0.6 is 0 Å². The summed E-state index contributed by atoms with van der Waals surface area (Å²) in [6.45, 7) is 9.07. The van der Waals surface area contributed by atoms with Gasteiger partial charge in [-0.25, -0.2) is 13.8 Å². The number of aromatic nitrogens is 1. The van der Waals surface area contributed by atoms with Crippen molar-refractivity contribution in [2.24, 2.45) is 17.8 Å². The summed E-state index contributed by atoms with van der Waals surface area (Å²) in [5.41, 5.74) is 5.32. The number of pyridine rings is 1. The van der Waals surface area contributed by atoms with Crippen LogP contribution in [0.4, 0.5) is 20.4 Å². The fourth-order valence-corrected chi connectivity index (χ4v) is 2.06. The highest BCUT2D eigenvalue weighted by atomic mass is 19.1. The molecule has 0 unspecified atom stereocenters. The molecule has 18 heavy (non-hydrogen) atoms. The van der Waals surface area contributed by atoms with Crippen LogP contribution in [0.1, 0.15) is 27.7 Å². The molecule has 0 atom stereocenters. The van der Waals surface area contributed by atoms with Crippen molar-refractivity contribution in [2.45, 2.75) is 27.7 Å². The maximum Gasteiger partial charge on any atom is 0.168 e. The van der Waals surface area contributed by atoms with Crippen LogP contribution in [-0.2, 0) is 0 Å². The molecule has 1 aromatic rings. The predicted octanol–water partition coefficient (Wildman–Crippen LogP) is 3.28. The van der Waals surface area contributed by atoms with Crippen LogP contribution in [0.2, 0.25) is 0 Å². The largest absolute Gasteiger partial charge is 0.381 e. The Hall–Kier alpha value is -1.39. The first-order chi connectivity index (χ1) is 8.32. The summed E-state index contributed by atoms with van der Waals surface area (Å²) in [7, 11) is 0. The summed E-state index contributed by atoms with van der Waals surface area (Å²) in [5, 5.41) is 2.91. The van der Waals surface area contributed by atoms with Gasteiger partial charge in [0.25, 0.3) is 0 Å². The van der Waals surface area contributed by atoms with Crippen LogP contribution < -0.4 is 11.1 Å². The van der Waals surface area contributed by atoms with E-state index in [1.807, 2.05) is 0 Å². The number of nitrogens with one attached hydrogen (secondary N) is 1. The van der Waals surface area contributed by atoms with E-state index < -0.39 is 11.6 Å². The molecule has 5 heteroatoms. The summed E-state index contributed by atoms with van der Waals surface area (Å²) in [6, 6.07) is 0.754. The number of anilines is 2. The van der Waals surface area contributed by atoms with E-state index in [2.05, 4.69) is 38.0 Å². The summed E-state index contributed by atoms with van der Waals surface area (Å²) >= 11 is 0. The van der Waals surface area contributed by atoms with Gasteiger partial charge in [0, 0.05) is 12.6 Å². The number of hydrogen-bond acceptors (Lipinski definition) is 3. The van der Waals surface area contributed by atoms with Gasteiger partial charge in [-0.15, -0.1) is 0 Å². The maximum absolute atomic E-state index is 13.5. The lowest BCUT2D eigenvalue weighted by atomic mass is 9.85. The van der Waals surface area contributed by atoms with E-state index in [-0.39, 0.29) is 11.6 Å². The second-order valence-corrected chi connectivity index (χ2v) is 5.22. The van der Waals surface area contributed by atoms with E-state index in [1.165, 1.54) is 0 Å². The van der Waals surface area contributed by atoms with Crippen LogP contribution in [0, 0.1) is 29.4 Å². The first-order valence-electron chi connectivity index (χ1n) is 6.18. The van der Waals surface area contributed by atoms with Gasteiger partial charge in [-0.2, -0.15) is 0 Å². The smallest absolute Gasteiger partial charge is 0.168 e. The highest BCUT2D eigenvalue weighted by Crippen LogP contribution is 2.22. The zero-order valence-corrected chi connectivity index (χ0v) is 11.3. The Morgan fingerprint density at radius 3 is 2.22 bits per heavy atom. The molecule has 3 nitrogen and oxygen atoms in total. The Balaban J connectivity index is 2.76. The molecule has 0 aliphatic heterocycles. The van der Waals surface area contributed by atoms with Crippen molar-refractivity contribution in [3.8, 4) is 0 Å². The van der Waals surface area contributed by atoms with Crippen molar-refractivity contribution in [1.29, 1.82) is 0 Å². The lowest BCUT2D eigenvalue weighted by Gasteiger charge is -2.25. The summed E-state index contributed by atoms with van der Waals surface area (Å²) in [5.74, 6) is -0.491. The Morgan fingerprint density at radius 2 is 1.72 bits per heavy atom. The number of nitrogens with two attached hydrogens (primary N) is 1. The van der Waals surface area contributed by atoms with Crippen LogP contribution in [0.3, 0.4) is 0 Å². The predicted molar refractivity (Wildman–Crippen MR) is 70.2 cm³/mol. The molecule has 0 aromatic carbocycles. The van der Waals surface area contributed by atoms with Crippen molar-refractivity contribution >= 4 is 11.6 Å². The van der Waals surface area contributed by atoms with Gasteiger partial charge in [0.2, 0.25) is 0 Å². The molecule has 0 aliphatic carbocycles. The molecule has 0 spiro atoms. The average molecular weight is 257 g/mol. The molecular weight excluding hydrogens is 236 g/mol. The normalized spacial score (nSPS) is 11.6. The van der Waals surface area contributed by atoms with Crippen molar-refractivity contribution in [1.82, 2.24) is 4.98 Å². The molecular formula is C13H21F2N3. The zero-order chi connectivity index (χ0) is 13.9. The third-order valence-corrected chi connectivity index (χ3v) is 3.17. The Morgan fingerprint density at radius 1 is 1.17 bits per heavy atom. The monoisotopic (exact) mass is 257 g/mol. The quantitative estimate of drug-likeness (QED) is 0.851. The minimum Gasteiger partial charge on any atom is -0.381 e. The molecule has 0 radical (unpaired) electrons. The van der Waals surface area contributed by atoms with E-state index >= 15 is 0 Å². The fourth-order valence-electron chi connectivity index (χ4n) is 2.06. The molecule has 102 valence electrons. The van der Waals surface area contributed by atoms with E-state index in [0.717, 1.165) is 6.07 Å². The minimum atomic E-state index is -0.831. The second kappa shape index (κ2) is 5.98. The van der Waals surface area contributed by atoms with E-state index in [1.54, 1.807) is 0 Å². The fraction of sp³-hybridized carbons (Fsp3) is 0.615. The molecule has 0 amide bonds. The summed E-state index contributed by atoms with van der Waals surface area (Å²) in [6.07, 6.45) is 0. The maximum atomic E-state index is 13.5. The third-order valence-electron chi connectivity index (χ3n) is 3.17. The highest BCUT2D eigenvalue weighted by Gasteiger charge is 2.18. The number of halogens is 2. The van der Waals surface area contributed by atoms with E-state index in [9.17, 15) is 8.78 Å². The number of nitrogen functional groups attached to an aromatic ring is 1. The lowest BCUT2D eigenvalue weighted by molar-refractivity contribution is 0.304. The molecule has 1 heterocycles. The van der Waals surface area contributed by atoms with E-state index in [4.69, 9.17) is 5.73 Å². The topological polar surface area (TPSA) is 50.9 Å². The van der Waals surface area contributed by atoms with Gasteiger partial charge in [-0.05, 0) is 17.8 Å². The van der Waals surface area contributed by atoms with Crippen LogP contribution in [-0.4, -0.2) is 11.5 Å². The van der Waals surface area contributed by atoms with Crippen LogP contribution in [0.5, 0.6) is 0 Å². The van der Waals surface area contributed by atoms with Gasteiger partial charge in [-0.1, -0.05) is 27.7 Å². The Kier molecular flexibility index (Phi) is 4.87. The Labute approximate surface area is 107 Å². The number of nitrogens with zero attached hydrogens (tertiary/aromatic N) is 1. The standard InChI is InChI=1S/C13H21F2N3/c1-7(2)9(8(3)4)6-17-13-11(15)5-10(14)12(16)18-13/h5,7-9H,6H2,1-4H3,(H3,16,17,18). The SMILES string of the molecule is CC(C)C(CNc1nc(N)c(F)cc1F)C(C)C. The molecule has 0 bridgehead atoms. The molecule has 1 aromatic heterocycles. The Bertz CT molecular complexity index is 397. The molecule has 0 saturated carbocycles. The zero-order valence-electron chi connectivity index (χ0n) is 11.3.